The van der Waals surface area contributed by atoms with Crippen molar-refractivity contribution in [2.75, 3.05) is 39.8 Å². The summed E-state index contributed by atoms with van der Waals surface area (Å²) in [4.78, 5) is 6.45. The molecule has 0 aromatic carbocycles. The van der Waals surface area contributed by atoms with E-state index in [-0.39, 0.29) is 0 Å². The molecule has 1 aromatic heterocycles. The van der Waals surface area contributed by atoms with Crippen LogP contribution in [-0.4, -0.2) is 55.6 Å². The van der Waals surface area contributed by atoms with E-state index in [1.165, 1.54) is 36.6 Å². The number of rotatable bonds is 5. The van der Waals surface area contributed by atoms with Gasteiger partial charge in [-0.05, 0) is 37.9 Å². The summed E-state index contributed by atoms with van der Waals surface area (Å²) in [6, 6.07) is 2.77. The van der Waals surface area contributed by atoms with Crippen LogP contribution >= 0.6 is 11.3 Å². The second-order valence-electron chi connectivity index (χ2n) is 5.41. The Balaban J connectivity index is 1.69. The van der Waals surface area contributed by atoms with E-state index in [1.54, 1.807) is 0 Å². The first-order chi connectivity index (χ1) is 8.65. The van der Waals surface area contributed by atoms with Gasteiger partial charge in [-0.1, -0.05) is 0 Å². The van der Waals surface area contributed by atoms with Crippen molar-refractivity contribution in [2.24, 2.45) is 0 Å². The van der Waals surface area contributed by atoms with E-state index >= 15 is 0 Å². The molecule has 0 aliphatic carbocycles. The molecule has 1 fully saturated rings. The van der Waals surface area contributed by atoms with Gasteiger partial charge in [0, 0.05) is 50.2 Å². The lowest BCUT2D eigenvalue weighted by atomic mass is 10.2. The lowest BCUT2D eigenvalue weighted by Gasteiger charge is -2.34. The van der Waals surface area contributed by atoms with Crippen molar-refractivity contribution >= 4 is 11.3 Å². The Labute approximate surface area is 115 Å². The zero-order valence-electron chi connectivity index (χ0n) is 11.8. The minimum Gasteiger partial charge on any atom is -0.308 e. The van der Waals surface area contributed by atoms with Crippen molar-refractivity contribution in [1.82, 2.24) is 15.1 Å². The number of hydrogen-bond donors (Lipinski definition) is 1. The summed E-state index contributed by atoms with van der Waals surface area (Å²) in [5.74, 6) is 0. The van der Waals surface area contributed by atoms with Crippen LogP contribution in [0.5, 0.6) is 0 Å². The molecule has 1 aliphatic heterocycles. The van der Waals surface area contributed by atoms with Crippen LogP contribution in [0.2, 0.25) is 0 Å². The van der Waals surface area contributed by atoms with Gasteiger partial charge in [0.2, 0.25) is 0 Å². The molecule has 3 nitrogen and oxygen atoms in total. The number of aryl methyl sites for hydroxylation is 1. The van der Waals surface area contributed by atoms with Crippen LogP contribution in [0, 0.1) is 6.92 Å². The highest BCUT2D eigenvalue weighted by Crippen LogP contribution is 2.15. The third-order valence-electron chi connectivity index (χ3n) is 3.71. The minimum atomic E-state index is 0.565. The van der Waals surface area contributed by atoms with E-state index in [0.29, 0.717) is 6.04 Å². The molecule has 1 unspecified atom stereocenters. The topological polar surface area (TPSA) is 18.5 Å². The van der Waals surface area contributed by atoms with Gasteiger partial charge < -0.3 is 10.2 Å². The second-order valence-corrected chi connectivity index (χ2v) is 6.41. The summed E-state index contributed by atoms with van der Waals surface area (Å²) in [5, 5.41) is 5.82. The maximum absolute atomic E-state index is 3.64. The molecule has 4 heteroatoms. The van der Waals surface area contributed by atoms with Crippen molar-refractivity contribution < 1.29 is 0 Å². The van der Waals surface area contributed by atoms with Gasteiger partial charge in [-0.2, -0.15) is 0 Å². The van der Waals surface area contributed by atoms with Gasteiger partial charge in [0.05, 0.1) is 0 Å². The van der Waals surface area contributed by atoms with Crippen molar-refractivity contribution in [3.8, 4) is 0 Å². The summed E-state index contributed by atoms with van der Waals surface area (Å²) < 4.78 is 0. The Morgan fingerprint density at radius 3 is 2.67 bits per heavy atom. The number of nitrogens with zero attached hydrogens (tertiary/aromatic N) is 2. The fourth-order valence-electron chi connectivity index (χ4n) is 2.33. The molecule has 0 radical (unpaired) electrons. The highest BCUT2D eigenvalue weighted by atomic mass is 32.1. The van der Waals surface area contributed by atoms with E-state index in [0.717, 1.165) is 13.1 Å². The highest BCUT2D eigenvalue weighted by molar-refractivity contribution is 7.10. The SMILES string of the molecule is Cc1ccsc1CNC(C)CN1CCN(C)CC1. The van der Waals surface area contributed by atoms with Gasteiger partial charge >= 0.3 is 0 Å². The molecule has 1 saturated heterocycles. The zero-order chi connectivity index (χ0) is 13.0. The molecule has 2 heterocycles. The van der Waals surface area contributed by atoms with Gasteiger partial charge in [0.15, 0.2) is 0 Å². The van der Waals surface area contributed by atoms with Gasteiger partial charge in [-0.25, -0.2) is 0 Å². The molecular weight excluding hydrogens is 242 g/mol. The molecule has 1 N–H and O–H groups in total. The average Bonchev–Trinajstić information content (AvgIpc) is 2.75. The van der Waals surface area contributed by atoms with E-state index in [1.807, 2.05) is 11.3 Å². The van der Waals surface area contributed by atoms with Crippen LogP contribution < -0.4 is 5.32 Å². The lowest BCUT2D eigenvalue weighted by Crippen LogP contribution is -2.48. The minimum absolute atomic E-state index is 0.565. The Kier molecular flexibility index (Phi) is 5.18. The Hall–Kier alpha value is -0.420. The number of hydrogen-bond acceptors (Lipinski definition) is 4. The lowest BCUT2D eigenvalue weighted by molar-refractivity contribution is 0.144. The van der Waals surface area contributed by atoms with Gasteiger partial charge in [0.25, 0.3) is 0 Å². The van der Waals surface area contributed by atoms with Crippen LogP contribution in [0.3, 0.4) is 0 Å². The molecule has 18 heavy (non-hydrogen) atoms. The summed E-state index contributed by atoms with van der Waals surface area (Å²) in [5.41, 5.74) is 1.42. The maximum Gasteiger partial charge on any atom is 0.0305 e. The molecular formula is C14H25N3S. The second kappa shape index (κ2) is 6.66. The fraction of sp³-hybridized carbons (Fsp3) is 0.714. The zero-order valence-corrected chi connectivity index (χ0v) is 12.6. The first-order valence-corrected chi connectivity index (χ1v) is 7.70. The van der Waals surface area contributed by atoms with E-state index in [4.69, 9.17) is 0 Å². The molecule has 0 saturated carbocycles. The van der Waals surface area contributed by atoms with E-state index in [9.17, 15) is 0 Å². The van der Waals surface area contributed by atoms with Crippen LogP contribution in [0.25, 0.3) is 0 Å². The summed E-state index contributed by atoms with van der Waals surface area (Å²) in [7, 11) is 2.21. The van der Waals surface area contributed by atoms with Crippen LogP contribution in [-0.2, 0) is 6.54 Å². The average molecular weight is 267 g/mol. The Morgan fingerprint density at radius 2 is 2.06 bits per heavy atom. The van der Waals surface area contributed by atoms with Gasteiger partial charge in [-0.3, -0.25) is 4.90 Å². The third-order valence-corrected chi connectivity index (χ3v) is 4.73. The molecule has 0 bridgehead atoms. The normalized spacial score (nSPS) is 20.2. The fourth-order valence-corrected chi connectivity index (χ4v) is 3.19. The number of thiophene rings is 1. The number of nitrogens with one attached hydrogen (secondary N) is 1. The predicted octanol–water partition coefficient (Wildman–Crippen LogP) is 1.78. The number of piperazine rings is 1. The van der Waals surface area contributed by atoms with Crippen molar-refractivity contribution in [1.29, 1.82) is 0 Å². The summed E-state index contributed by atoms with van der Waals surface area (Å²) in [6.07, 6.45) is 0. The quantitative estimate of drug-likeness (QED) is 0.877. The molecule has 2 rings (SSSR count). The number of likely N-dealkylation sites (N-methyl/N-ethyl adjacent to an activating group) is 1. The van der Waals surface area contributed by atoms with Crippen molar-refractivity contribution in [3.63, 3.8) is 0 Å². The highest BCUT2D eigenvalue weighted by Gasteiger charge is 2.15. The van der Waals surface area contributed by atoms with E-state index in [2.05, 4.69) is 47.5 Å². The van der Waals surface area contributed by atoms with Crippen LogP contribution in [0.15, 0.2) is 11.4 Å². The largest absolute Gasteiger partial charge is 0.308 e. The molecule has 1 aromatic rings. The van der Waals surface area contributed by atoms with Gasteiger partial charge in [0.1, 0.15) is 0 Å². The standard InChI is InChI=1S/C14H25N3S/c1-12-4-9-18-14(12)10-15-13(2)11-17-7-5-16(3)6-8-17/h4,9,13,15H,5-8,10-11H2,1-3H3. The maximum atomic E-state index is 3.64. The smallest absolute Gasteiger partial charge is 0.0305 e. The van der Waals surface area contributed by atoms with Crippen molar-refractivity contribution in [3.05, 3.63) is 21.9 Å². The Bertz CT molecular complexity index is 356. The van der Waals surface area contributed by atoms with Crippen LogP contribution in [0.4, 0.5) is 0 Å². The summed E-state index contributed by atoms with van der Waals surface area (Å²) >= 11 is 1.86. The van der Waals surface area contributed by atoms with Crippen LogP contribution in [0.1, 0.15) is 17.4 Å². The molecule has 102 valence electrons. The van der Waals surface area contributed by atoms with Gasteiger partial charge in [-0.15, -0.1) is 11.3 Å². The molecule has 0 amide bonds. The molecule has 1 aliphatic rings. The molecule has 1 atom stereocenters. The first kappa shape index (κ1) is 14.0. The third kappa shape index (κ3) is 4.05. The monoisotopic (exact) mass is 267 g/mol. The summed E-state index contributed by atoms with van der Waals surface area (Å²) in [6.45, 7) is 11.5. The first-order valence-electron chi connectivity index (χ1n) is 6.82. The van der Waals surface area contributed by atoms with Crippen molar-refractivity contribution in [2.45, 2.75) is 26.4 Å². The molecule has 0 spiro atoms. The Morgan fingerprint density at radius 1 is 1.33 bits per heavy atom. The predicted molar refractivity (Wildman–Crippen MR) is 79.3 cm³/mol. The van der Waals surface area contributed by atoms with E-state index < -0.39 is 0 Å².